The van der Waals surface area contributed by atoms with E-state index in [2.05, 4.69) is 60.2 Å². The van der Waals surface area contributed by atoms with Crippen molar-refractivity contribution < 1.29 is 4.79 Å². The van der Waals surface area contributed by atoms with Gasteiger partial charge in [-0.1, -0.05) is 36.4 Å². The molecule has 3 fully saturated rings. The molecule has 25 heavy (non-hydrogen) atoms. The highest BCUT2D eigenvalue weighted by Gasteiger charge is 2.34. The number of amides is 1. The maximum atomic E-state index is 13.0. The number of hydrogen-bond donors (Lipinski definition) is 0. The van der Waals surface area contributed by atoms with Crippen molar-refractivity contribution in [1.82, 2.24) is 9.80 Å². The van der Waals surface area contributed by atoms with Crippen molar-refractivity contribution in [1.29, 1.82) is 0 Å². The van der Waals surface area contributed by atoms with Crippen LogP contribution in [-0.2, 0) is 0 Å². The number of carbonyl (C=O) groups is 1. The molecule has 3 aliphatic heterocycles. The molecule has 0 aromatic heterocycles. The lowest BCUT2D eigenvalue weighted by atomic mass is 9.96. The van der Waals surface area contributed by atoms with E-state index in [9.17, 15) is 4.79 Å². The maximum absolute atomic E-state index is 13.0. The van der Waals surface area contributed by atoms with Gasteiger partial charge in [-0.15, -0.1) is 0 Å². The summed E-state index contributed by atoms with van der Waals surface area (Å²) in [6, 6.07) is 17.0. The fourth-order valence-electron chi connectivity index (χ4n) is 4.35. The molecule has 3 heteroatoms. The molecule has 2 aromatic carbocycles. The summed E-state index contributed by atoms with van der Waals surface area (Å²) < 4.78 is 0. The second kappa shape index (κ2) is 6.64. The number of aryl methyl sites for hydroxylation is 1. The minimum Gasteiger partial charge on any atom is -0.337 e. The highest BCUT2D eigenvalue weighted by atomic mass is 16.2. The van der Waals surface area contributed by atoms with E-state index in [0.717, 1.165) is 25.2 Å². The second-order valence-electron chi connectivity index (χ2n) is 7.64. The zero-order valence-electron chi connectivity index (χ0n) is 15.1. The summed E-state index contributed by atoms with van der Waals surface area (Å²) in [5.74, 6) is 0.808. The Kier molecular flexibility index (Phi) is 4.34. The zero-order chi connectivity index (χ0) is 17.4. The highest BCUT2D eigenvalue weighted by Crippen LogP contribution is 2.28. The average Bonchev–Trinajstić information content (AvgIpc) is 2.93. The molecule has 5 rings (SSSR count). The molecule has 2 bridgehead atoms. The van der Waals surface area contributed by atoms with Gasteiger partial charge in [-0.2, -0.15) is 0 Å². The lowest BCUT2D eigenvalue weighted by Crippen LogP contribution is -2.41. The average molecular weight is 334 g/mol. The largest absolute Gasteiger partial charge is 0.337 e. The van der Waals surface area contributed by atoms with Crippen molar-refractivity contribution in [3.05, 3.63) is 59.7 Å². The van der Waals surface area contributed by atoms with Gasteiger partial charge in [-0.25, -0.2) is 0 Å². The number of rotatable bonds is 2. The zero-order valence-corrected chi connectivity index (χ0v) is 15.1. The number of piperidine rings is 1. The third kappa shape index (κ3) is 3.21. The monoisotopic (exact) mass is 334 g/mol. The summed E-state index contributed by atoms with van der Waals surface area (Å²) >= 11 is 0. The Morgan fingerprint density at radius 3 is 2.44 bits per heavy atom. The third-order valence-electron chi connectivity index (χ3n) is 5.86. The van der Waals surface area contributed by atoms with Crippen LogP contribution in [0.1, 0.15) is 28.8 Å². The first-order valence-corrected chi connectivity index (χ1v) is 9.27. The molecule has 2 aromatic rings. The summed E-state index contributed by atoms with van der Waals surface area (Å²) in [5.41, 5.74) is 4.47. The standard InChI is InChI=1S/C22H26N2O/c1-16-5-3-4-6-21(16)18-8-10-19(11-9-18)22(25)24-14-17-7-12-20(15-24)23(2)13-17/h3-6,8-11,17,20H,7,12-15H2,1-2H3. The van der Waals surface area contributed by atoms with Gasteiger partial charge in [0, 0.05) is 31.2 Å². The smallest absolute Gasteiger partial charge is 0.253 e. The van der Waals surface area contributed by atoms with Crippen LogP contribution in [0.25, 0.3) is 11.1 Å². The Morgan fingerprint density at radius 1 is 0.960 bits per heavy atom. The first-order chi connectivity index (χ1) is 12.1. The van der Waals surface area contributed by atoms with Crippen molar-refractivity contribution in [3.63, 3.8) is 0 Å². The molecule has 0 aliphatic carbocycles. The molecular formula is C22H26N2O. The normalized spacial score (nSPS) is 23.5. The van der Waals surface area contributed by atoms with Gasteiger partial charge < -0.3 is 9.80 Å². The Hall–Kier alpha value is -2.13. The van der Waals surface area contributed by atoms with Crippen LogP contribution in [0.3, 0.4) is 0 Å². The summed E-state index contributed by atoms with van der Waals surface area (Å²) in [7, 11) is 2.20. The Bertz CT molecular complexity index is 768. The SMILES string of the molecule is Cc1ccccc1-c1ccc(C(=O)N2CC3CCC(C2)N(C)C3)cc1. The first kappa shape index (κ1) is 16.3. The molecule has 0 spiro atoms. The number of carbonyl (C=O) groups excluding carboxylic acids is 1. The molecule has 1 amide bonds. The van der Waals surface area contributed by atoms with Crippen LogP contribution in [0.5, 0.6) is 0 Å². The maximum Gasteiger partial charge on any atom is 0.253 e. The number of likely N-dealkylation sites (N-methyl/N-ethyl adjacent to an activating group) is 1. The Balaban J connectivity index is 1.54. The van der Waals surface area contributed by atoms with Crippen LogP contribution < -0.4 is 0 Å². The fraction of sp³-hybridized carbons (Fsp3) is 0.409. The van der Waals surface area contributed by atoms with Gasteiger partial charge in [0.2, 0.25) is 0 Å². The van der Waals surface area contributed by atoms with Crippen molar-refractivity contribution in [3.8, 4) is 11.1 Å². The molecule has 0 radical (unpaired) electrons. The lowest BCUT2D eigenvalue weighted by Gasteiger charge is -2.32. The molecule has 3 heterocycles. The molecule has 3 saturated heterocycles. The number of benzene rings is 2. The van der Waals surface area contributed by atoms with Gasteiger partial charge >= 0.3 is 0 Å². The van der Waals surface area contributed by atoms with Gasteiger partial charge in [0.15, 0.2) is 0 Å². The van der Waals surface area contributed by atoms with E-state index in [4.69, 9.17) is 0 Å². The molecule has 130 valence electrons. The predicted octanol–water partition coefficient (Wildman–Crippen LogP) is 3.83. The van der Waals surface area contributed by atoms with E-state index in [1.807, 2.05) is 12.1 Å². The minimum absolute atomic E-state index is 0.184. The molecular weight excluding hydrogens is 308 g/mol. The minimum atomic E-state index is 0.184. The van der Waals surface area contributed by atoms with E-state index < -0.39 is 0 Å². The van der Waals surface area contributed by atoms with Crippen LogP contribution in [0, 0.1) is 12.8 Å². The summed E-state index contributed by atoms with van der Waals surface area (Å²) in [5, 5.41) is 0. The quantitative estimate of drug-likeness (QED) is 0.833. The van der Waals surface area contributed by atoms with E-state index in [1.54, 1.807) is 0 Å². The van der Waals surface area contributed by atoms with Crippen molar-refractivity contribution in [2.45, 2.75) is 25.8 Å². The molecule has 3 nitrogen and oxygen atoms in total. The molecule has 2 unspecified atom stereocenters. The van der Waals surface area contributed by atoms with E-state index in [0.29, 0.717) is 12.0 Å². The molecule has 2 atom stereocenters. The number of fused-ring (bicyclic) bond motifs is 4. The van der Waals surface area contributed by atoms with E-state index in [1.165, 1.54) is 29.5 Å². The van der Waals surface area contributed by atoms with Crippen molar-refractivity contribution >= 4 is 5.91 Å². The summed E-state index contributed by atoms with van der Waals surface area (Å²) in [6.07, 6.45) is 2.47. The Labute approximate surface area is 150 Å². The number of nitrogens with zero attached hydrogens (tertiary/aromatic N) is 2. The van der Waals surface area contributed by atoms with Crippen LogP contribution in [0.4, 0.5) is 0 Å². The van der Waals surface area contributed by atoms with E-state index >= 15 is 0 Å². The van der Waals surface area contributed by atoms with Gasteiger partial charge in [-0.3, -0.25) is 4.79 Å². The summed E-state index contributed by atoms with van der Waals surface area (Å²) in [6.45, 7) is 5.02. The summed E-state index contributed by atoms with van der Waals surface area (Å²) in [4.78, 5) is 17.5. The Morgan fingerprint density at radius 2 is 1.72 bits per heavy atom. The number of hydrogen-bond acceptors (Lipinski definition) is 2. The third-order valence-corrected chi connectivity index (χ3v) is 5.86. The molecule has 0 N–H and O–H groups in total. The lowest BCUT2D eigenvalue weighted by molar-refractivity contribution is 0.0742. The van der Waals surface area contributed by atoms with Gasteiger partial charge in [0.25, 0.3) is 5.91 Å². The van der Waals surface area contributed by atoms with E-state index in [-0.39, 0.29) is 5.91 Å². The van der Waals surface area contributed by atoms with Gasteiger partial charge in [0.05, 0.1) is 0 Å². The van der Waals surface area contributed by atoms with Crippen LogP contribution in [0.2, 0.25) is 0 Å². The van der Waals surface area contributed by atoms with Gasteiger partial charge in [0.1, 0.15) is 0 Å². The highest BCUT2D eigenvalue weighted by molar-refractivity contribution is 5.94. The topological polar surface area (TPSA) is 23.6 Å². The van der Waals surface area contributed by atoms with Crippen molar-refractivity contribution in [2.24, 2.45) is 5.92 Å². The van der Waals surface area contributed by atoms with Crippen LogP contribution in [0.15, 0.2) is 48.5 Å². The van der Waals surface area contributed by atoms with Crippen molar-refractivity contribution in [2.75, 3.05) is 26.7 Å². The van der Waals surface area contributed by atoms with Crippen LogP contribution >= 0.6 is 0 Å². The molecule has 0 saturated carbocycles. The second-order valence-corrected chi connectivity index (χ2v) is 7.64. The first-order valence-electron chi connectivity index (χ1n) is 9.27. The fourth-order valence-corrected chi connectivity index (χ4v) is 4.35. The van der Waals surface area contributed by atoms with Crippen LogP contribution in [-0.4, -0.2) is 48.4 Å². The predicted molar refractivity (Wildman–Crippen MR) is 102 cm³/mol. The van der Waals surface area contributed by atoms with Gasteiger partial charge in [-0.05, 0) is 61.6 Å². The molecule has 3 aliphatic rings.